The topological polar surface area (TPSA) is 90.9 Å². The van der Waals surface area contributed by atoms with E-state index in [1.807, 2.05) is 26.0 Å². The molecule has 9 nitrogen and oxygen atoms in total. The van der Waals surface area contributed by atoms with Crippen molar-refractivity contribution >= 4 is 5.69 Å². The molecule has 2 heterocycles. The summed E-state index contributed by atoms with van der Waals surface area (Å²) in [7, 11) is 3.44. The fourth-order valence-corrected chi connectivity index (χ4v) is 5.84. The number of anilines is 1. The number of hydrogen-bond donors (Lipinski definition) is 2. The van der Waals surface area contributed by atoms with Crippen molar-refractivity contribution in [2.75, 3.05) is 78.3 Å². The zero-order chi connectivity index (χ0) is 29.8. The Morgan fingerprint density at radius 1 is 1.10 bits per heavy atom. The van der Waals surface area contributed by atoms with Crippen LogP contribution in [0.15, 0.2) is 36.4 Å². The summed E-state index contributed by atoms with van der Waals surface area (Å²) in [6.07, 6.45) is 1.86. The van der Waals surface area contributed by atoms with Gasteiger partial charge in [-0.05, 0) is 74.0 Å². The van der Waals surface area contributed by atoms with Gasteiger partial charge in [0.25, 0.3) is 0 Å². The van der Waals surface area contributed by atoms with Crippen LogP contribution in [-0.2, 0) is 48.9 Å². The van der Waals surface area contributed by atoms with Crippen LogP contribution in [-0.4, -0.2) is 90.7 Å². The molecule has 1 fully saturated rings. The lowest BCUT2D eigenvalue weighted by Crippen LogP contribution is -2.53. The van der Waals surface area contributed by atoms with Crippen LogP contribution in [0.2, 0.25) is 0 Å². The van der Waals surface area contributed by atoms with E-state index in [0.717, 1.165) is 59.8 Å². The van der Waals surface area contributed by atoms with Crippen molar-refractivity contribution in [3.8, 4) is 5.75 Å². The van der Waals surface area contributed by atoms with Gasteiger partial charge in [-0.25, -0.2) is 0 Å². The van der Waals surface area contributed by atoms with Crippen molar-refractivity contribution < 1.29 is 33.5 Å². The predicted octanol–water partition coefficient (Wildman–Crippen LogP) is 3.82. The molecule has 42 heavy (non-hydrogen) atoms. The van der Waals surface area contributed by atoms with E-state index in [4.69, 9.17) is 28.4 Å². The molecule has 4 rings (SSSR count). The van der Waals surface area contributed by atoms with E-state index in [1.165, 1.54) is 0 Å². The number of nitrogens with one attached hydrogen (secondary N) is 1. The third-order valence-corrected chi connectivity index (χ3v) is 8.04. The Balaban J connectivity index is 1.48. The first kappa shape index (κ1) is 32.7. The number of benzene rings is 2. The standard InChI is InChI=1S/C33H50N2O7/c1-5-40-25(2)22-39-23-26-7-9-29(28(19-26)11-17-38-4)33(36)12-13-34-21-32(33)42-24-27-8-10-31-30(20-27)35(15-18-41-31)14-6-16-37-3/h7-10,19-20,25,32,34,36H,5-6,11-18,21-24H2,1-4H3/t25?,32-,33-/m0/s1. The van der Waals surface area contributed by atoms with Crippen molar-refractivity contribution in [3.63, 3.8) is 0 Å². The molecule has 0 saturated carbocycles. The number of methoxy groups -OCH3 is 2. The van der Waals surface area contributed by atoms with Gasteiger partial charge < -0.3 is 43.7 Å². The number of rotatable bonds is 17. The monoisotopic (exact) mass is 586 g/mol. The van der Waals surface area contributed by atoms with Gasteiger partial charge in [0.05, 0.1) is 44.8 Å². The number of aliphatic hydroxyl groups is 1. The average Bonchev–Trinajstić information content (AvgIpc) is 3.00. The van der Waals surface area contributed by atoms with Crippen molar-refractivity contribution in [2.45, 2.75) is 64.1 Å². The van der Waals surface area contributed by atoms with Gasteiger partial charge in [0, 0.05) is 40.5 Å². The summed E-state index contributed by atoms with van der Waals surface area (Å²) in [5.74, 6) is 0.900. The van der Waals surface area contributed by atoms with E-state index in [1.54, 1.807) is 14.2 Å². The zero-order valence-electron chi connectivity index (χ0n) is 25.9. The molecule has 0 aromatic heterocycles. The molecule has 9 heteroatoms. The van der Waals surface area contributed by atoms with Crippen molar-refractivity contribution in [3.05, 3.63) is 58.7 Å². The first-order valence-electron chi connectivity index (χ1n) is 15.3. The molecule has 1 unspecified atom stereocenters. The molecule has 0 amide bonds. The molecule has 2 aromatic carbocycles. The fourth-order valence-electron chi connectivity index (χ4n) is 5.84. The van der Waals surface area contributed by atoms with Crippen LogP contribution in [0.25, 0.3) is 0 Å². The molecular weight excluding hydrogens is 536 g/mol. The molecule has 2 aromatic rings. The van der Waals surface area contributed by atoms with E-state index in [2.05, 4.69) is 34.5 Å². The molecule has 234 valence electrons. The highest BCUT2D eigenvalue weighted by atomic mass is 16.5. The predicted molar refractivity (Wildman–Crippen MR) is 163 cm³/mol. The molecule has 0 aliphatic carbocycles. The van der Waals surface area contributed by atoms with Gasteiger partial charge in [-0.3, -0.25) is 0 Å². The lowest BCUT2D eigenvalue weighted by atomic mass is 9.79. The van der Waals surface area contributed by atoms with E-state index in [0.29, 0.717) is 65.6 Å². The molecular formula is C33H50N2O7. The summed E-state index contributed by atoms with van der Waals surface area (Å²) < 4.78 is 34.6. The molecule has 1 saturated heterocycles. The highest BCUT2D eigenvalue weighted by Gasteiger charge is 2.42. The van der Waals surface area contributed by atoms with Gasteiger partial charge in [0.2, 0.25) is 0 Å². The Bertz CT molecular complexity index is 1100. The van der Waals surface area contributed by atoms with Gasteiger partial charge in [0.15, 0.2) is 0 Å². The summed E-state index contributed by atoms with van der Waals surface area (Å²) in [6.45, 7) is 11.1. The minimum atomic E-state index is -1.12. The second-order valence-electron chi connectivity index (χ2n) is 11.2. The third-order valence-electron chi connectivity index (χ3n) is 8.04. The zero-order valence-corrected chi connectivity index (χ0v) is 25.9. The summed E-state index contributed by atoms with van der Waals surface area (Å²) >= 11 is 0. The summed E-state index contributed by atoms with van der Waals surface area (Å²) in [5, 5.41) is 15.6. The number of ether oxygens (including phenoxy) is 6. The van der Waals surface area contributed by atoms with Gasteiger partial charge >= 0.3 is 0 Å². The van der Waals surface area contributed by atoms with Crippen LogP contribution in [0.1, 0.15) is 48.9 Å². The van der Waals surface area contributed by atoms with Crippen LogP contribution < -0.4 is 15.0 Å². The van der Waals surface area contributed by atoms with Gasteiger partial charge in [0.1, 0.15) is 24.1 Å². The molecule has 2 aliphatic heterocycles. The minimum Gasteiger partial charge on any atom is -0.490 e. The Morgan fingerprint density at radius 2 is 1.90 bits per heavy atom. The normalized spacial score (nSPS) is 21.2. The fraction of sp³-hybridized carbons (Fsp3) is 0.636. The van der Waals surface area contributed by atoms with Crippen molar-refractivity contribution in [2.24, 2.45) is 0 Å². The third kappa shape index (κ3) is 8.66. The molecule has 2 N–H and O–H groups in total. The van der Waals surface area contributed by atoms with Gasteiger partial charge in [-0.15, -0.1) is 0 Å². The van der Waals surface area contributed by atoms with Crippen LogP contribution in [0.5, 0.6) is 5.75 Å². The second kappa shape index (κ2) is 16.6. The maximum Gasteiger partial charge on any atom is 0.142 e. The molecule has 0 spiro atoms. The number of fused-ring (bicyclic) bond motifs is 1. The highest BCUT2D eigenvalue weighted by molar-refractivity contribution is 5.61. The Morgan fingerprint density at radius 3 is 2.71 bits per heavy atom. The van der Waals surface area contributed by atoms with E-state index in [-0.39, 0.29) is 6.10 Å². The van der Waals surface area contributed by atoms with Crippen LogP contribution in [0.3, 0.4) is 0 Å². The number of nitrogens with zero attached hydrogens (tertiary/aromatic N) is 1. The van der Waals surface area contributed by atoms with E-state index >= 15 is 0 Å². The quantitative estimate of drug-likeness (QED) is 0.269. The maximum atomic E-state index is 12.2. The summed E-state index contributed by atoms with van der Waals surface area (Å²) in [6, 6.07) is 12.5. The SMILES string of the molecule is CCOC(C)COCc1ccc([C@@]2(O)CCNC[C@@H]2OCc2ccc3c(c2)N(CCCOC)CCO3)c(CCOC)c1. The lowest BCUT2D eigenvalue weighted by molar-refractivity contribution is -0.135. The van der Waals surface area contributed by atoms with E-state index < -0.39 is 11.7 Å². The maximum absolute atomic E-state index is 12.2. The first-order valence-corrected chi connectivity index (χ1v) is 15.3. The Labute approximate surface area is 251 Å². The second-order valence-corrected chi connectivity index (χ2v) is 11.2. The average molecular weight is 587 g/mol. The van der Waals surface area contributed by atoms with Crippen LogP contribution >= 0.6 is 0 Å². The molecule has 2 aliphatic rings. The molecule has 3 atom stereocenters. The highest BCUT2D eigenvalue weighted by Crippen LogP contribution is 2.37. The van der Waals surface area contributed by atoms with Crippen molar-refractivity contribution in [1.82, 2.24) is 5.32 Å². The van der Waals surface area contributed by atoms with Crippen LogP contribution in [0.4, 0.5) is 5.69 Å². The van der Waals surface area contributed by atoms with Crippen molar-refractivity contribution in [1.29, 1.82) is 0 Å². The number of hydrogen-bond acceptors (Lipinski definition) is 9. The summed E-state index contributed by atoms with van der Waals surface area (Å²) in [4.78, 5) is 2.35. The molecule has 0 bridgehead atoms. The van der Waals surface area contributed by atoms with Gasteiger partial charge in [-0.1, -0.05) is 24.3 Å². The summed E-state index contributed by atoms with van der Waals surface area (Å²) in [5.41, 5.74) is 4.05. The first-order chi connectivity index (χ1) is 20.5. The van der Waals surface area contributed by atoms with E-state index in [9.17, 15) is 5.11 Å². The Hall–Kier alpha value is -2.24. The number of piperidine rings is 1. The minimum absolute atomic E-state index is 0.0527. The Kier molecular flexibility index (Phi) is 12.9. The van der Waals surface area contributed by atoms with Crippen LogP contribution in [0, 0.1) is 0 Å². The lowest BCUT2D eigenvalue weighted by Gasteiger charge is -2.41. The molecule has 0 radical (unpaired) electrons. The largest absolute Gasteiger partial charge is 0.490 e. The smallest absolute Gasteiger partial charge is 0.142 e. The van der Waals surface area contributed by atoms with Gasteiger partial charge in [-0.2, -0.15) is 0 Å².